The van der Waals surface area contributed by atoms with Gasteiger partial charge in [-0.3, -0.25) is 0 Å². The molecule has 0 radical (unpaired) electrons. The number of aryl methyl sites for hydroxylation is 1. The minimum Gasteiger partial charge on any atom is -0.203 e. The molecule has 0 spiro atoms. The van der Waals surface area contributed by atoms with Gasteiger partial charge in [0.05, 0.1) is 0 Å². The maximum atomic E-state index is 14.7. The van der Waals surface area contributed by atoms with Crippen molar-refractivity contribution in [3.05, 3.63) is 65.8 Å². The highest BCUT2D eigenvalue weighted by molar-refractivity contribution is 5.67. The Hall–Kier alpha value is -1.70. The largest absolute Gasteiger partial charge is 0.203 e. The molecule has 1 aliphatic rings. The van der Waals surface area contributed by atoms with Crippen LogP contribution in [0.3, 0.4) is 0 Å². The Balaban J connectivity index is 1.83. The van der Waals surface area contributed by atoms with Gasteiger partial charge < -0.3 is 0 Å². The fraction of sp³-hybridized carbons (Fsp3) is 0.571. The van der Waals surface area contributed by atoms with Gasteiger partial charge in [-0.15, -0.1) is 6.58 Å². The van der Waals surface area contributed by atoms with Crippen LogP contribution in [0.5, 0.6) is 0 Å². The molecule has 0 heterocycles. The second-order valence-corrected chi connectivity index (χ2v) is 8.71. The molecule has 1 aromatic rings. The van der Waals surface area contributed by atoms with Crippen molar-refractivity contribution in [2.24, 2.45) is 5.92 Å². The smallest absolute Gasteiger partial charge is 0.166 e. The first-order valence-corrected chi connectivity index (χ1v) is 12.1. The third kappa shape index (κ3) is 8.20. The molecule has 1 atom stereocenters. The highest BCUT2D eigenvalue weighted by atomic mass is 19.2. The van der Waals surface area contributed by atoms with Gasteiger partial charge in [-0.1, -0.05) is 81.9 Å². The molecule has 2 rings (SSSR count). The van der Waals surface area contributed by atoms with E-state index in [1.54, 1.807) is 12.1 Å². The Morgan fingerprint density at radius 1 is 0.967 bits per heavy atom. The molecule has 1 aliphatic carbocycles. The number of rotatable bonds is 14. The van der Waals surface area contributed by atoms with Crippen molar-refractivity contribution in [1.29, 1.82) is 0 Å². The molecule has 166 valence electrons. The number of hydrogen-bond acceptors (Lipinski definition) is 0. The molecule has 0 saturated heterocycles. The Bertz CT molecular complexity index is 699. The van der Waals surface area contributed by atoms with Crippen LogP contribution in [-0.2, 0) is 6.42 Å². The average molecular weight is 415 g/mol. The molecule has 0 fully saturated rings. The normalized spacial score (nSPS) is 16.8. The van der Waals surface area contributed by atoms with Crippen molar-refractivity contribution in [2.75, 3.05) is 0 Å². The molecule has 30 heavy (non-hydrogen) atoms. The molecule has 1 aromatic carbocycles. The van der Waals surface area contributed by atoms with Crippen LogP contribution in [0.1, 0.15) is 102 Å². The van der Waals surface area contributed by atoms with E-state index in [-0.39, 0.29) is 0 Å². The van der Waals surface area contributed by atoms with Gasteiger partial charge >= 0.3 is 0 Å². The summed E-state index contributed by atoms with van der Waals surface area (Å²) in [4.78, 5) is 0. The summed E-state index contributed by atoms with van der Waals surface area (Å²) in [5.74, 6) is -0.672. The first-order valence-electron chi connectivity index (χ1n) is 12.1. The maximum Gasteiger partial charge on any atom is 0.166 e. The summed E-state index contributed by atoms with van der Waals surface area (Å²) in [6.07, 6.45) is 23.4. The predicted molar refractivity (Wildman–Crippen MR) is 127 cm³/mol. The molecule has 0 aliphatic heterocycles. The lowest BCUT2D eigenvalue weighted by Crippen LogP contribution is -2.07. The summed E-state index contributed by atoms with van der Waals surface area (Å²) in [7, 11) is 0. The van der Waals surface area contributed by atoms with E-state index in [1.165, 1.54) is 32.1 Å². The van der Waals surface area contributed by atoms with E-state index in [1.807, 2.05) is 6.08 Å². The maximum absolute atomic E-state index is 14.7. The fourth-order valence-electron chi connectivity index (χ4n) is 4.27. The molecule has 0 N–H and O–H groups in total. The summed E-state index contributed by atoms with van der Waals surface area (Å²) in [5.41, 5.74) is 1.97. The lowest BCUT2D eigenvalue weighted by Gasteiger charge is -2.21. The quantitative estimate of drug-likeness (QED) is 0.210. The first-order chi connectivity index (χ1) is 14.7. The minimum absolute atomic E-state index is 0.468. The van der Waals surface area contributed by atoms with Crippen LogP contribution in [-0.4, -0.2) is 0 Å². The van der Waals surface area contributed by atoms with Gasteiger partial charge in [-0.25, -0.2) is 8.78 Å². The SMILES string of the molecule is C=CCCC=CCC1CC=C(c2ccc(CCCCCCCCC)c(F)c2F)CC1. The van der Waals surface area contributed by atoms with Crippen LogP contribution >= 0.6 is 0 Å². The summed E-state index contributed by atoms with van der Waals surface area (Å²) in [6, 6.07) is 3.61. The van der Waals surface area contributed by atoms with Gasteiger partial charge in [0.15, 0.2) is 11.6 Å². The topological polar surface area (TPSA) is 0 Å². The van der Waals surface area contributed by atoms with E-state index in [9.17, 15) is 8.78 Å². The van der Waals surface area contributed by atoms with Crippen LogP contribution in [0.2, 0.25) is 0 Å². The summed E-state index contributed by atoms with van der Waals surface area (Å²) < 4.78 is 29.4. The van der Waals surface area contributed by atoms with Crippen LogP contribution in [0.15, 0.2) is 43.0 Å². The number of benzene rings is 1. The second kappa shape index (κ2) is 14.3. The number of hydrogen-bond donors (Lipinski definition) is 0. The van der Waals surface area contributed by atoms with E-state index in [0.717, 1.165) is 56.9 Å². The first kappa shape index (κ1) is 24.6. The van der Waals surface area contributed by atoms with Crippen molar-refractivity contribution in [3.63, 3.8) is 0 Å². The monoisotopic (exact) mass is 414 g/mol. The van der Waals surface area contributed by atoms with Gasteiger partial charge in [-0.05, 0) is 68.4 Å². The second-order valence-electron chi connectivity index (χ2n) is 8.71. The van der Waals surface area contributed by atoms with Gasteiger partial charge in [0, 0.05) is 5.56 Å². The Kier molecular flexibility index (Phi) is 11.7. The molecule has 2 heteroatoms. The molecule has 0 bridgehead atoms. The van der Waals surface area contributed by atoms with Crippen molar-refractivity contribution in [3.8, 4) is 0 Å². The van der Waals surface area contributed by atoms with Crippen molar-refractivity contribution in [2.45, 2.75) is 96.8 Å². The number of unbranched alkanes of at least 4 members (excludes halogenated alkanes) is 7. The lowest BCUT2D eigenvalue weighted by atomic mass is 9.84. The standard InChI is InChI=1S/C28H40F2/c1-3-5-7-9-10-12-14-16-25-21-22-26(28(30)27(25)29)24-19-17-23(18-20-24)15-13-11-8-6-4-2/h4,11,13,19,21-23H,2-3,5-10,12,14-18,20H2,1H3. The summed E-state index contributed by atoms with van der Waals surface area (Å²) in [5, 5.41) is 0. The van der Waals surface area contributed by atoms with Crippen molar-refractivity contribution in [1.82, 2.24) is 0 Å². The minimum atomic E-state index is -0.649. The van der Waals surface area contributed by atoms with Gasteiger partial charge in [0.25, 0.3) is 0 Å². The van der Waals surface area contributed by atoms with Crippen LogP contribution in [0.25, 0.3) is 5.57 Å². The molecular formula is C28H40F2. The van der Waals surface area contributed by atoms with E-state index in [2.05, 4.69) is 31.7 Å². The molecule has 0 aromatic heterocycles. The Morgan fingerprint density at radius 2 is 1.73 bits per heavy atom. The Morgan fingerprint density at radius 3 is 2.43 bits per heavy atom. The summed E-state index contributed by atoms with van der Waals surface area (Å²) >= 11 is 0. The van der Waals surface area contributed by atoms with E-state index in [0.29, 0.717) is 23.5 Å². The zero-order valence-corrected chi connectivity index (χ0v) is 18.9. The van der Waals surface area contributed by atoms with E-state index < -0.39 is 11.6 Å². The zero-order valence-electron chi connectivity index (χ0n) is 18.9. The molecule has 1 unspecified atom stereocenters. The van der Waals surface area contributed by atoms with Crippen LogP contribution in [0.4, 0.5) is 8.78 Å². The van der Waals surface area contributed by atoms with Gasteiger partial charge in [0.2, 0.25) is 0 Å². The lowest BCUT2D eigenvalue weighted by molar-refractivity contribution is 0.480. The summed E-state index contributed by atoms with van der Waals surface area (Å²) in [6.45, 7) is 5.95. The van der Waals surface area contributed by atoms with Crippen LogP contribution < -0.4 is 0 Å². The number of allylic oxidation sites excluding steroid dienone is 5. The zero-order chi connectivity index (χ0) is 21.6. The van der Waals surface area contributed by atoms with Gasteiger partial charge in [0.1, 0.15) is 0 Å². The highest BCUT2D eigenvalue weighted by Gasteiger charge is 2.20. The molecule has 0 saturated carbocycles. The molecule has 0 amide bonds. The average Bonchev–Trinajstić information content (AvgIpc) is 2.76. The highest BCUT2D eigenvalue weighted by Crippen LogP contribution is 2.34. The van der Waals surface area contributed by atoms with Crippen molar-refractivity contribution < 1.29 is 8.78 Å². The van der Waals surface area contributed by atoms with Crippen LogP contribution in [0, 0.1) is 17.6 Å². The van der Waals surface area contributed by atoms with E-state index >= 15 is 0 Å². The fourth-order valence-corrected chi connectivity index (χ4v) is 4.27. The molecule has 0 nitrogen and oxygen atoms in total. The molecular weight excluding hydrogens is 374 g/mol. The van der Waals surface area contributed by atoms with Gasteiger partial charge in [-0.2, -0.15) is 0 Å². The van der Waals surface area contributed by atoms with E-state index in [4.69, 9.17) is 0 Å². The number of halogens is 2. The van der Waals surface area contributed by atoms with Crippen molar-refractivity contribution >= 4 is 5.57 Å². The Labute approximate surface area is 183 Å². The third-order valence-corrected chi connectivity index (χ3v) is 6.25. The predicted octanol–water partition coefficient (Wildman–Crippen LogP) is 9.35. The third-order valence-electron chi connectivity index (χ3n) is 6.25.